The van der Waals surface area contributed by atoms with E-state index in [4.69, 9.17) is 9.47 Å². The molecule has 0 spiro atoms. The maximum Gasteiger partial charge on any atom is 0.276 e. The number of carbonyl (C=O) groups is 1. The maximum absolute atomic E-state index is 12.0. The van der Waals surface area contributed by atoms with E-state index < -0.39 is 0 Å². The second-order valence-electron chi connectivity index (χ2n) is 4.96. The van der Waals surface area contributed by atoms with Gasteiger partial charge in [-0.05, 0) is 18.8 Å². The van der Waals surface area contributed by atoms with Gasteiger partial charge in [-0.2, -0.15) is 5.10 Å². The molecule has 0 unspecified atom stereocenters. The quantitative estimate of drug-likeness (QED) is 0.786. The van der Waals surface area contributed by atoms with Crippen LogP contribution >= 0.6 is 0 Å². The van der Waals surface area contributed by atoms with Gasteiger partial charge in [0.1, 0.15) is 18.1 Å². The molecule has 8 nitrogen and oxygen atoms in total. The van der Waals surface area contributed by atoms with E-state index in [1.807, 2.05) is 0 Å². The smallest absolute Gasteiger partial charge is 0.276 e. The molecule has 0 saturated heterocycles. The normalized spacial score (nSPS) is 17.0. The van der Waals surface area contributed by atoms with Crippen molar-refractivity contribution in [3.63, 3.8) is 0 Å². The molecule has 8 heteroatoms. The zero-order valence-electron chi connectivity index (χ0n) is 12.2. The summed E-state index contributed by atoms with van der Waals surface area (Å²) >= 11 is 0. The topological polar surface area (TPSA) is 98.1 Å². The predicted octanol–water partition coefficient (Wildman–Crippen LogP) is 0.860. The van der Waals surface area contributed by atoms with Gasteiger partial charge in [-0.15, -0.1) is 5.10 Å². The Kier molecular flexibility index (Phi) is 4.38. The number of ether oxygens (including phenoxy) is 2. The molecule has 1 aliphatic heterocycles. The minimum atomic E-state index is -0.377. The Morgan fingerprint density at radius 3 is 2.86 bits per heavy atom. The number of rotatable bonds is 6. The van der Waals surface area contributed by atoms with Crippen molar-refractivity contribution in [1.82, 2.24) is 15.3 Å². The summed E-state index contributed by atoms with van der Waals surface area (Å²) in [7, 11) is 1.59. The average Bonchev–Trinajstić information content (AvgIpc) is 3.28. The number of methoxy groups -OCH3 is 1. The van der Waals surface area contributed by atoms with Crippen LogP contribution in [0.3, 0.4) is 0 Å². The second-order valence-corrected chi connectivity index (χ2v) is 4.96. The Labute approximate surface area is 129 Å². The van der Waals surface area contributed by atoms with E-state index in [-0.39, 0.29) is 13.0 Å². The third kappa shape index (κ3) is 3.64. The molecule has 1 aromatic heterocycles. The first-order valence-electron chi connectivity index (χ1n) is 7.01. The fourth-order valence-corrected chi connectivity index (χ4v) is 1.87. The summed E-state index contributed by atoms with van der Waals surface area (Å²) in [6, 6.07) is 0. The van der Waals surface area contributed by atoms with Crippen molar-refractivity contribution >= 4 is 17.5 Å². The SMILES string of the molecule is COCCOc1cnc(C(=O)NC2=NN=C(C3CC3)[CH]2)cn1.[HH]. The molecule has 117 valence electrons. The van der Waals surface area contributed by atoms with Crippen molar-refractivity contribution in [2.75, 3.05) is 20.3 Å². The molecule has 0 aromatic carbocycles. The van der Waals surface area contributed by atoms with Crippen LogP contribution in [-0.2, 0) is 4.74 Å². The Morgan fingerprint density at radius 1 is 1.32 bits per heavy atom. The summed E-state index contributed by atoms with van der Waals surface area (Å²) in [5.74, 6) is 0.909. The molecule has 3 rings (SSSR count). The van der Waals surface area contributed by atoms with Crippen molar-refractivity contribution in [2.24, 2.45) is 16.1 Å². The van der Waals surface area contributed by atoms with E-state index in [0.29, 0.717) is 30.8 Å². The average molecular weight is 304 g/mol. The molecule has 1 fully saturated rings. The van der Waals surface area contributed by atoms with E-state index in [1.54, 1.807) is 13.5 Å². The third-order valence-electron chi connectivity index (χ3n) is 3.19. The van der Waals surface area contributed by atoms with Crippen molar-refractivity contribution < 1.29 is 15.7 Å². The van der Waals surface area contributed by atoms with Gasteiger partial charge in [0.25, 0.3) is 5.91 Å². The van der Waals surface area contributed by atoms with Crippen LogP contribution in [0.5, 0.6) is 5.88 Å². The lowest BCUT2D eigenvalue weighted by molar-refractivity contribution is 0.0971. The standard InChI is InChI=1S/C14H16N5O3.H2/c1-21-4-5-22-13-8-15-11(7-16-13)14(20)17-12-6-10(18-19-12)9-2-3-9;/h6-9H,2-5H2,1H3,(H,17,19,20);1H. The predicted molar refractivity (Wildman–Crippen MR) is 80.9 cm³/mol. The van der Waals surface area contributed by atoms with Crippen molar-refractivity contribution in [2.45, 2.75) is 12.8 Å². The number of hydrogen-bond donors (Lipinski definition) is 1. The Morgan fingerprint density at radius 2 is 2.18 bits per heavy atom. The lowest BCUT2D eigenvalue weighted by Gasteiger charge is -2.05. The van der Waals surface area contributed by atoms with Crippen LogP contribution in [0, 0.1) is 12.3 Å². The Balaban J connectivity index is 0.00000192. The van der Waals surface area contributed by atoms with Crippen LogP contribution in [0.2, 0.25) is 0 Å². The molecule has 0 atom stereocenters. The highest BCUT2D eigenvalue weighted by atomic mass is 16.5. The largest absolute Gasteiger partial charge is 0.474 e. The van der Waals surface area contributed by atoms with E-state index >= 15 is 0 Å². The molecule has 0 bridgehead atoms. The van der Waals surface area contributed by atoms with Crippen LogP contribution in [0.4, 0.5) is 0 Å². The molecule has 1 aliphatic carbocycles. The molecule has 1 amide bonds. The van der Waals surface area contributed by atoms with E-state index in [1.165, 1.54) is 12.4 Å². The minimum Gasteiger partial charge on any atom is -0.474 e. The summed E-state index contributed by atoms with van der Waals surface area (Å²) in [5.41, 5.74) is 1.12. The number of amides is 1. The number of nitrogens with zero attached hydrogens (tertiary/aromatic N) is 4. The van der Waals surface area contributed by atoms with Gasteiger partial charge in [0.05, 0.1) is 31.1 Å². The lowest BCUT2D eigenvalue weighted by atomic mass is 10.2. The van der Waals surface area contributed by atoms with E-state index in [9.17, 15) is 4.79 Å². The molecule has 22 heavy (non-hydrogen) atoms. The van der Waals surface area contributed by atoms with Gasteiger partial charge < -0.3 is 14.8 Å². The third-order valence-corrected chi connectivity index (χ3v) is 3.19. The number of carbonyl (C=O) groups excluding carboxylic acids is 1. The van der Waals surface area contributed by atoms with Gasteiger partial charge >= 0.3 is 0 Å². The maximum atomic E-state index is 12.0. The summed E-state index contributed by atoms with van der Waals surface area (Å²) in [6.45, 7) is 0.840. The first kappa shape index (κ1) is 14.6. The zero-order valence-corrected chi connectivity index (χ0v) is 12.2. The first-order valence-corrected chi connectivity index (χ1v) is 7.01. The summed E-state index contributed by atoms with van der Waals surface area (Å²) in [4.78, 5) is 20.1. The number of nitrogens with one attached hydrogen (secondary N) is 1. The molecule has 1 N–H and O–H groups in total. The molecular formula is C14H18N5O3. The molecule has 1 saturated carbocycles. The van der Waals surface area contributed by atoms with Crippen LogP contribution in [0.15, 0.2) is 22.6 Å². The number of amidine groups is 1. The van der Waals surface area contributed by atoms with Crippen LogP contribution in [0.1, 0.15) is 24.8 Å². The highest BCUT2D eigenvalue weighted by Crippen LogP contribution is 2.32. The number of hydrogen-bond acceptors (Lipinski definition) is 7. The monoisotopic (exact) mass is 304 g/mol. The lowest BCUT2D eigenvalue weighted by Crippen LogP contribution is -2.31. The highest BCUT2D eigenvalue weighted by Gasteiger charge is 2.31. The molecule has 2 aliphatic rings. The number of aromatic nitrogens is 2. The van der Waals surface area contributed by atoms with Gasteiger partial charge in [0, 0.05) is 8.54 Å². The van der Waals surface area contributed by atoms with Gasteiger partial charge in [0.2, 0.25) is 5.88 Å². The summed E-state index contributed by atoms with van der Waals surface area (Å²) < 4.78 is 10.1. The fourth-order valence-electron chi connectivity index (χ4n) is 1.87. The van der Waals surface area contributed by atoms with Crippen LogP contribution in [0.25, 0.3) is 0 Å². The Bertz CT molecular complexity index is 613. The van der Waals surface area contributed by atoms with Gasteiger partial charge in [0.15, 0.2) is 0 Å². The first-order chi connectivity index (χ1) is 10.8. The molecule has 1 radical (unpaired) electrons. The second kappa shape index (κ2) is 6.61. The van der Waals surface area contributed by atoms with Gasteiger partial charge in [-0.1, -0.05) is 0 Å². The van der Waals surface area contributed by atoms with E-state index in [0.717, 1.165) is 18.6 Å². The van der Waals surface area contributed by atoms with Crippen LogP contribution in [-0.4, -0.2) is 47.7 Å². The molecule has 2 heterocycles. The van der Waals surface area contributed by atoms with Crippen molar-refractivity contribution in [1.29, 1.82) is 0 Å². The zero-order chi connectivity index (χ0) is 15.4. The van der Waals surface area contributed by atoms with Gasteiger partial charge in [-0.25, -0.2) is 9.97 Å². The highest BCUT2D eigenvalue weighted by molar-refractivity contribution is 6.22. The van der Waals surface area contributed by atoms with E-state index in [2.05, 4.69) is 25.5 Å². The Hall–Kier alpha value is -2.35. The van der Waals surface area contributed by atoms with Crippen molar-refractivity contribution in [3.05, 3.63) is 24.5 Å². The minimum absolute atomic E-state index is 0. The summed E-state index contributed by atoms with van der Waals surface area (Å²) in [5, 5.41) is 10.6. The summed E-state index contributed by atoms with van der Waals surface area (Å²) in [6.07, 6.45) is 6.84. The van der Waals surface area contributed by atoms with Gasteiger partial charge in [-0.3, -0.25) is 4.79 Å². The molecular weight excluding hydrogens is 286 g/mol. The molecule has 1 aromatic rings. The van der Waals surface area contributed by atoms with Crippen LogP contribution < -0.4 is 10.1 Å². The van der Waals surface area contributed by atoms with Crippen molar-refractivity contribution in [3.8, 4) is 5.88 Å². The fraction of sp³-hybridized carbons (Fsp3) is 0.429.